The Bertz CT molecular complexity index is 960. The van der Waals surface area contributed by atoms with Crippen molar-refractivity contribution in [1.29, 1.82) is 0 Å². The lowest BCUT2D eigenvalue weighted by molar-refractivity contribution is 0.415. The molecule has 0 bridgehead atoms. The first-order chi connectivity index (χ1) is 11.4. The van der Waals surface area contributed by atoms with E-state index in [4.69, 9.17) is 9.15 Å². The summed E-state index contributed by atoms with van der Waals surface area (Å²) in [6.45, 7) is 0.513. The molecule has 126 valence electrons. The van der Waals surface area contributed by atoms with Crippen molar-refractivity contribution in [2.75, 3.05) is 18.7 Å². The van der Waals surface area contributed by atoms with Crippen molar-refractivity contribution in [3.63, 3.8) is 0 Å². The van der Waals surface area contributed by atoms with E-state index in [1.165, 1.54) is 6.26 Å². The van der Waals surface area contributed by atoms with Crippen LogP contribution in [0.25, 0.3) is 11.0 Å². The Morgan fingerprint density at radius 3 is 2.71 bits per heavy atom. The fourth-order valence-electron chi connectivity index (χ4n) is 2.55. The number of fused-ring (bicyclic) bond motifs is 1. The highest BCUT2D eigenvalue weighted by atomic mass is 32.2. The molecule has 0 spiro atoms. The maximum atomic E-state index is 11.4. The molecule has 0 saturated carbocycles. The lowest BCUT2D eigenvalue weighted by atomic mass is 10.2. The van der Waals surface area contributed by atoms with Crippen LogP contribution in [0.5, 0.6) is 5.75 Å². The zero-order chi connectivity index (χ0) is 17.2. The van der Waals surface area contributed by atoms with Crippen LogP contribution in [-0.2, 0) is 22.1 Å². The van der Waals surface area contributed by atoms with Gasteiger partial charge in [-0.1, -0.05) is 12.1 Å². The lowest BCUT2D eigenvalue weighted by Gasteiger charge is -2.06. The highest BCUT2D eigenvalue weighted by Gasteiger charge is 2.07. The number of rotatable bonds is 6. The molecule has 24 heavy (non-hydrogen) atoms. The van der Waals surface area contributed by atoms with Crippen molar-refractivity contribution in [3.8, 4) is 5.75 Å². The number of anilines is 1. The Hall–Kier alpha value is -2.47. The van der Waals surface area contributed by atoms with E-state index in [2.05, 4.69) is 5.32 Å². The summed E-state index contributed by atoms with van der Waals surface area (Å²) >= 11 is 0. The standard InChI is InChI=1S/C18H19NO4S/c1-22-16-6-7-18-14(9-16)10-17(23-18)11-19-15-5-3-4-13(8-15)12-24(2,20)21/h3-10,19H,11-12H2,1-2H3. The van der Waals surface area contributed by atoms with Crippen molar-refractivity contribution >= 4 is 26.5 Å². The predicted octanol–water partition coefficient (Wildman–Crippen LogP) is 3.60. The molecule has 1 aromatic heterocycles. The SMILES string of the molecule is COc1ccc2oc(CNc3cccc(CS(C)(=O)=O)c3)cc2c1. The normalized spacial score (nSPS) is 11.6. The van der Waals surface area contributed by atoms with Crippen molar-refractivity contribution in [3.05, 3.63) is 59.9 Å². The van der Waals surface area contributed by atoms with Gasteiger partial charge in [0.2, 0.25) is 0 Å². The zero-order valence-corrected chi connectivity index (χ0v) is 14.4. The molecule has 0 radical (unpaired) electrons. The van der Waals surface area contributed by atoms with E-state index in [9.17, 15) is 8.42 Å². The second-order valence-electron chi connectivity index (χ2n) is 5.74. The van der Waals surface area contributed by atoms with Gasteiger partial charge in [0.1, 0.15) is 17.1 Å². The number of furan rings is 1. The number of benzene rings is 2. The summed E-state index contributed by atoms with van der Waals surface area (Å²) in [6, 6.07) is 15.0. The summed E-state index contributed by atoms with van der Waals surface area (Å²) in [5.74, 6) is 1.62. The maximum Gasteiger partial charge on any atom is 0.151 e. The van der Waals surface area contributed by atoms with Crippen LogP contribution in [0.2, 0.25) is 0 Å². The van der Waals surface area contributed by atoms with Gasteiger partial charge in [-0.25, -0.2) is 8.42 Å². The quantitative estimate of drug-likeness (QED) is 0.739. The van der Waals surface area contributed by atoms with E-state index in [-0.39, 0.29) is 5.75 Å². The molecule has 0 aliphatic heterocycles. The van der Waals surface area contributed by atoms with Crippen molar-refractivity contribution in [1.82, 2.24) is 0 Å². The van der Waals surface area contributed by atoms with Crippen molar-refractivity contribution in [2.45, 2.75) is 12.3 Å². The minimum atomic E-state index is -3.04. The Morgan fingerprint density at radius 1 is 1.12 bits per heavy atom. The monoisotopic (exact) mass is 345 g/mol. The fourth-order valence-corrected chi connectivity index (χ4v) is 3.34. The summed E-state index contributed by atoms with van der Waals surface area (Å²) in [6.07, 6.45) is 1.23. The first kappa shape index (κ1) is 16.4. The van der Waals surface area contributed by atoms with E-state index in [1.807, 2.05) is 42.5 Å². The number of methoxy groups -OCH3 is 1. The summed E-state index contributed by atoms with van der Waals surface area (Å²) < 4.78 is 33.8. The van der Waals surface area contributed by atoms with Crippen molar-refractivity contribution in [2.24, 2.45) is 0 Å². The third-order valence-electron chi connectivity index (χ3n) is 3.60. The molecule has 2 aromatic carbocycles. The molecule has 0 aliphatic rings. The third-order valence-corrected chi connectivity index (χ3v) is 4.45. The topological polar surface area (TPSA) is 68.5 Å². The molecule has 3 rings (SSSR count). The van der Waals surface area contributed by atoms with Gasteiger partial charge in [-0.15, -0.1) is 0 Å². The van der Waals surface area contributed by atoms with E-state index in [0.29, 0.717) is 6.54 Å². The molecule has 1 N–H and O–H groups in total. The molecule has 5 nitrogen and oxygen atoms in total. The number of hydrogen-bond acceptors (Lipinski definition) is 5. The Labute approximate surface area is 141 Å². The van der Waals surface area contributed by atoms with Crippen LogP contribution in [0.4, 0.5) is 5.69 Å². The summed E-state index contributed by atoms with van der Waals surface area (Å²) in [5.41, 5.74) is 2.42. The van der Waals surface area contributed by atoms with Gasteiger partial charge in [-0.05, 0) is 42.0 Å². The predicted molar refractivity (Wildman–Crippen MR) is 95.1 cm³/mol. The Kier molecular flexibility index (Phi) is 4.49. The van der Waals surface area contributed by atoms with Gasteiger partial charge < -0.3 is 14.5 Å². The van der Waals surface area contributed by atoms with Crippen LogP contribution in [0, 0.1) is 0 Å². The Balaban J connectivity index is 1.72. The number of sulfone groups is 1. The summed E-state index contributed by atoms with van der Waals surface area (Å²) in [4.78, 5) is 0. The molecule has 0 unspecified atom stereocenters. The fraction of sp³-hybridized carbons (Fsp3) is 0.222. The van der Waals surface area contributed by atoms with Gasteiger partial charge in [0.15, 0.2) is 9.84 Å². The van der Waals surface area contributed by atoms with Crippen molar-refractivity contribution < 1.29 is 17.6 Å². The van der Waals surface area contributed by atoms with Gasteiger partial charge in [0.25, 0.3) is 0 Å². The molecule has 0 saturated heterocycles. The smallest absolute Gasteiger partial charge is 0.151 e. The second kappa shape index (κ2) is 6.57. The molecule has 3 aromatic rings. The summed E-state index contributed by atoms with van der Waals surface area (Å²) in [5, 5.41) is 4.24. The lowest BCUT2D eigenvalue weighted by Crippen LogP contribution is -2.02. The minimum absolute atomic E-state index is 0.0347. The Morgan fingerprint density at radius 2 is 1.96 bits per heavy atom. The van der Waals surface area contributed by atoms with Gasteiger partial charge in [0, 0.05) is 17.3 Å². The van der Waals surface area contributed by atoms with Crippen LogP contribution in [0.15, 0.2) is 52.9 Å². The van der Waals surface area contributed by atoms with E-state index < -0.39 is 9.84 Å². The minimum Gasteiger partial charge on any atom is -0.497 e. The van der Waals surface area contributed by atoms with Gasteiger partial charge in [-0.2, -0.15) is 0 Å². The van der Waals surface area contributed by atoms with Crippen LogP contribution < -0.4 is 10.1 Å². The number of ether oxygens (including phenoxy) is 1. The molecular formula is C18H19NO4S. The van der Waals surface area contributed by atoms with Gasteiger partial charge >= 0.3 is 0 Å². The zero-order valence-electron chi connectivity index (χ0n) is 13.6. The van der Waals surface area contributed by atoms with Gasteiger partial charge in [0.05, 0.1) is 19.4 Å². The second-order valence-corrected chi connectivity index (χ2v) is 7.88. The molecule has 1 heterocycles. The molecule has 0 fully saturated rings. The molecule has 0 amide bonds. The average Bonchev–Trinajstić information content (AvgIpc) is 2.93. The number of nitrogens with one attached hydrogen (secondary N) is 1. The first-order valence-electron chi connectivity index (χ1n) is 7.50. The molecule has 6 heteroatoms. The first-order valence-corrected chi connectivity index (χ1v) is 9.56. The van der Waals surface area contributed by atoms with E-state index >= 15 is 0 Å². The highest BCUT2D eigenvalue weighted by Crippen LogP contribution is 2.24. The highest BCUT2D eigenvalue weighted by molar-refractivity contribution is 7.89. The molecule has 0 aliphatic carbocycles. The molecule has 0 atom stereocenters. The third kappa shape index (κ3) is 4.08. The summed E-state index contributed by atoms with van der Waals surface area (Å²) in [7, 11) is -1.41. The van der Waals surface area contributed by atoms with Crippen LogP contribution in [-0.4, -0.2) is 21.8 Å². The maximum absolute atomic E-state index is 11.4. The molecular weight excluding hydrogens is 326 g/mol. The van der Waals surface area contributed by atoms with Gasteiger partial charge in [-0.3, -0.25) is 0 Å². The van der Waals surface area contributed by atoms with Crippen LogP contribution in [0.1, 0.15) is 11.3 Å². The van der Waals surface area contributed by atoms with Crippen LogP contribution >= 0.6 is 0 Å². The van der Waals surface area contributed by atoms with E-state index in [1.54, 1.807) is 13.2 Å². The average molecular weight is 345 g/mol. The van der Waals surface area contributed by atoms with Crippen LogP contribution in [0.3, 0.4) is 0 Å². The van der Waals surface area contributed by atoms with E-state index in [0.717, 1.165) is 33.7 Å². The largest absolute Gasteiger partial charge is 0.497 e. The number of hydrogen-bond donors (Lipinski definition) is 1.